The molecule has 1 heterocycles. The number of rotatable bonds is 0. The first-order chi connectivity index (χ1) is 5.95. The first kappa shape index (κ1) is 6.55. The van der Waals surface area contributed by atoms with Crippen LogP contribution in [0, 0.1) is 0 Å². The summed E-state index contributed by atoms with van der Waals surface area (Å²) in [5, 5.41) is 2.81. The van der Waals surface area contributed by atoms with Gasteiger partial charge in [-0.15, -0.1) is 11.8 Å². The Morgan fingerprint density at radius 2 is 1.92 bits per heavy atom. The number of fused-ring (bicyclic) bond motifs is 3. The Bertz CT molecular complexity index is 446. The highest BCUT2D eigenvalue weighted by molar-refractivity contribution is 8.00. The van der Waals surface area contributed by atoms with E-state index in [2.05, 4.69) is 36.4 Å². The molecular formula is C11H8S. The van der Waals surface area contributed by atoms with Crippen LogP contribution in [0.2, 0.25) is 0 Å². The summed E-state index contributed by atoms with van der Waals surface area (Å²) in [5.74, 6) is 1.19. The zero-order chi connectivity index (χ0) is 7.97. The summed E-state index contributed by atoms with van der Waals surface area (Å²) in [6.45, 7) is 0. The molecule has 12 heavy (non-hydrogen) atoms. The topological polar surface area (TPSA) is 0 Å². The zero-order valence-electron chi connectivity index (χ0n) is 6.58. The summed E-state index contributed by atoms with van der Waals surface area (Å²) in [5.41, 5.74) is 1.54. The van der Waals surface area contributed by atoms with Gasteiger partial charge in [-0.3, -0.25) is 0 Å². The molecule has 58 valence electrons. The predicted octanol–water partition coefficient (Wildman–Crippen LogP) is 3.45. The monoisotopic (exact) mass is 172 g/mol. The van der Waals surface area contributed by atoms with E-state index in [1.165, 1.54) is 27.0 Å². The number of benzene rings is 2. The minimum atomic E-state index is 1.19. The van der Waals surface area contributed by atoms with Crippen molar-refractivity contribution in [2.45, 2.75) is 10.6 Å². The van der Waals surface area contributed by atoms with Crippen LogP contribution in [0.4, 0.5) is 0 Å². The molecule has 2 aromatic rings. The maximum Gasteiger partial charge on any atom is 0.0249 e. The second-order valence-corrected chi connectivity index (χ2v) is 4.07. The van der Waals surface area contributed by atoms with E-state index in [9.17, 15) is 0 Å². The predicted molar refractivity (Wildman–Crippen MR) is 53.5 cm³/mol. The van der Waals surface area contributed by atoms with E-state index in [4.69, 9.17) is 0 Å². The van der Waals surface area contributed by atoms with Crippen LogP contribution in [0.5, 0.6) is 0 Å². The standard InChI is InChI=1S/C11H8S/c1-2-4-9-8(3-1)5-6-11-10(9)7-12-11/h1-6H,7H2. The molecule has 0 N–H and O–H groups in total. The van der Waals surface area contributed by atoms with E-state index in [1.54, 1.807) is 0 Å². The molecular weight excluding hydrogens is 164 g/mol. The van der Waals surface area contributed by atoms with Gasteiger partial charge in [0.1, 0.15) is 0 Å². The molecule has 0 saturated heterocycles. The quantitative estimate of drug-likeness (QED) is 0.586. The fourth-order valence-corrected chi connectivity index (χ4v) is 2.55. The van der Waals surface area contributed by atoms with Gasteiger partial charge >= 0.3 is 0 Å². The van der Waals surface area contributed by atoms with Gasteiger partial charge in [-0.1, -0.05) is 30.3 Å². The Morgan fingerprint density at radius 3 is 2.75 bits per heavy atom. The smallest absolute Gasteiger partial charge is 0.0249 e. The maximum atomic E-state index is 2.23. The molecule has 1 aliphatic heterocycles. The van der Waals surface area contributed by atoms with Crippen LogP contribution in [0.3, 0.4) is 0 Å². The van der Waals surface area contributed by atoms with Gasteiger partial charge in [0.25, 0.3) is 0 Å². The van der Waals surface area contributed by atoms with Gasteiger partial charge in [0.15, 0.2) is 0 Å². The van der Waals surface area contributed by atoms with Crippen LogP contribution < -0.4 is 0 Å². The van der Waals surface area contributed by atoms with Gasteiger partial charge in [-0.2, -0.15) is 0 Å². The van der Waals surface area contributed by atoms with E-state index in [-0.39, 0.29) is 0 Å². The minimum absolute atomic E-state index is 1.19. The van der Waals surface area contributed by atoms with E-state index in [0.717, 1.165) is 0 Å². The largest absolute Gasteiger partial charge is 0.121 e. The lowest BCUT2D eigenvalue weighted by atomic mass is 10.1. The molecule has 1 heteroatoms. The normalized spacial score (nSPS) is 14.0. The minimum Gasteiger partial charge on any atom is -0.121 e. The van der Waals surface area contributed by atoms with Crippen molar-refractivity contribution >= 4 is 22.5 Å². The van der Waals surface area contributed by atoms with Crippen molar-refractivity contribution in [3.63, 3.8) is 0 Å². The van der Waals surface area contributed by atoms with Gasteiger partial charge in [0, 0.05) is 10.6 Å². The summed E-state index contributed by atoms with van der Waals surface area (Å²) in [6, 6.07) is 13.0. The van der Waals surface area contributed by atoms with E-state index >= 15 is 0 Å². The average Bonchev–Trinajstić information content (AvgIpc) is 2.05. The molecule has 0 bridgehead atoms. The third-order valence-corrected chi connectivity index (χ3v) is 3.50. The third-order valence-electron chi connectivity index (χ3n) is 2.37. The number of hydrogen-bond donors (Lipinski definition) is 0. The molecule has 2 aromatic carbocycles. The highest BCUT2D eigenvalue weighted by atomic mass is 32.2. The first-order valence-corrected chi connectivity index (χ1v) is 5.07. The molecule has 0 aliphatic carbocycles. The van der Waals surface area contributed by atoms with Crippen LogP contribution in [0.15, 0.2) is 41.3 Å². The van der Waals surface area contributed by atoms with Crippen LogP contribution in [-0.4, -0.2) is 0 Å². The van der Waals surface area contributed by atoms with Crippen molar-refractivity contribution in [3.05, 3.63) is 42.0 Å². The molecule has 0 radical (unpaired) electrons. The highest BCUT2D eigenvalue weighted by Gasteiger charge is 2.15. The Hall–Kier alpha value is -0.950. The van der Waals surface area contributed by atoms with Crippen LogP contribution in [-0.2, 0) is 5.75 Å². The number of thioether (sulfide) groups is 1. The molecule has 3 rings (SSSR count). The second-order valence-electron chi connectivity index (χ2n) is 3.05. The van der Waals surface area contributed by atoms with Crippen molar-refractivity contribution in [3.8, 4) is 0 Å². The lowest BCUT2D eigenvalue weighted by molar-refractivity contribution is 1.24. The number of hydrogen-bond acceptors (Lipinski definition) is 1. The Kier molecular flexibility index (Phi) is 1.24. The summed E-state index contributed by atoms with van der Waals surface area (Å²) in [6.07, 6.45) is 0. The van der Waals surface area contributed by atoms with Crippen LogP contribution in [0.1, 0.15) is 5.56 Å². The molecule has 0 unspecified atom stereocenters. The lowest BCUT2D eigenvalue weighted by Gasteiger charge is -2.19. The van der Waals surface area contributed by atoms with Gasteiger partial charge in [-0.25, -0.2) is 0 Å². The summed E-state index contributed by atoms with van der Waals surface area (Å²) in [7, 11) is 0. The van der Waals surface area contributed by atoms with E-state index in [0.29, 0.717) is 0 Å². The van der Waals surface area contributed by atoms with Crippen molar-refractivity contribution in [2.75, 3.05) is 0 Å². The first-order valence-electron chi connectivity index (χ1n) is 4.08. The van der Waals surface area contributed by atoms with Crippen molar-refractivity contribution in [1.29, 1.82) is 0 Å². The molecule has 0 aromatic heterocycles. The fraction of sp³-hybridized carbons (Fsp3) is 0.0909. The molecule has 0 amide bonds. The van der Waals surface area contributed by atoms with Gasteiger partial charge in [-0.05, 0) is 22.4 Å². The Balaban J connectivity index is 2.49. The molecule has 0 fully saturated rings. The van der Waals surface area contributed by atoms with Gasteiger partial charge in [0.05, 0.1) is 0 Å². The molecule has 0 saturated carbocycles. The molecule has 1 aliphatic rings. The van der Waals surface area contributed by atoms with Crippen molar-refractivity contribution in [2.24, 2.45) is 0 Å². The highest BCUT2D eigenvalue weighted by Crippen LogP contribution is 2.41. The lowest BCUT2D eigenvalue weighted by Crippen LogP contribution is -1.96. The van der Waals surface area contributed by atoms with Crippen LogP contribution >= 0.6 is 11.8 Å². The van der Waals surface area contributed by atoms with Crippen molar-refractivity contribution in [1.82, 2.24) is 0 Å². The van der Waals surface area contributed by atoms with Gasteiger partial charge < -0.3 is 0 Å². The molecule has 0 nitrogen and oxygen atoms in total. The van der Waals surface area contributed by atoms with Gasteiger partial charge in [0.2, 0.25) is 0 Å². The Morgan fingerprint density at radius 1 is 1.00 bits per heavy atom. The molecule has 0 atom stereocenters. The Labute approximate surface area is 75.6 Å². The maximum absolute atomic E-state index is 2.23. The molecule has 0 spiro atoms. The second kappa shape index (κ2) is 2.27. The summed E-state index contributed by atoms with van der Waals surface area (Å²) < 4.78 is 0. The average molecular weight is 172 g/mol. The van der Waals surface area contributed by atoms with Crippen molar-refractivity contribution < 1.29 is 0 Å². The third kappa shape index (κ3) is 0.745. The summed E-state index contributed by atoms with van der Waals surface area (Å²) in [4.78, 5) is 1.47. The summed E-state index contributed by atoms with van der Waals surface area (Å²) >= 11 is 1.95. The fourth-order valence-electron chi connectivity index (χ4n) is 1.67. The SMILES string of the molecule is c1ccc2c3c(ccc2c1)SC3. The zero-order valence-corrected chi connectivity index (χ0v) is 7.40. The van der Waals surface area contributed by atoms with Crippen LogP contribution in [0.25, 0.3) is 10.8 Å². The van der Waals surface area contributed by atoms with E-state index in [1.807, 2.05) is 11.8 Å². The van der Waals surface area contributed by atoms with E-state index < -0.39 is 0 Å².